The zero-order valence-electron chi connectivity index (χ0n) is 10.9. The van der Waals surface area contributed by atoms with E-state index < -0.39 is 6.04 Å². The molecule has 1 atom stereocenters. The number of nitrogens with one attached hydrogen (secondary N) is 1. The van der Waals surface area contributed by atoms with Crippen molar-refractivity contribution < 1.29 is 4.79 Å². The van der Waals surface area contributed by atoms with Crippen LogP contribution in [0.4, 0.5) is 5.69 Å². The van der Waals surface area contributed by atoms with Crippen LogP contribution >= 0.6 is 0 Å². The third-order valence-electron chi connectivity index (χ3n) is 2.97. The lowest BCUT2D eigenvalue weighted by Gasteiger charge is -2.15. The fourth-order valence-corrected chi connectivity index (χ4v) is 1.83. The maximum atomic E-state index is 12.1. The largest absolute Gasteiger partial charge is 0.327 e. The maximum absolute atomic E-state index is 12.1. The van der Waals surface area contributed by atoms with Crippen molar-refractivity contribution in [2.24, 2.45) is 0 Å². The number of benzene rings is 1. The third kappa shape index (κ3) is 2.68. The first kappa shape index (κ1) is 13.4. The molecule has 2 aromatic rings. The number of amides is 1. The second-order valence-electron chi connectivity index (χ2n) is 4.27. The Bertz CT molecular complexity index is 701. The number of hydrogen-bond donors (Lipinski definition) is 1. The van der Waals surface area contributed by atoms with Crippen molar-refractivity contribution >= 4 is 11.6 Å². The van der Waals surface area contributed by atoms with Crippen LogP contribution in [0.15, 0.2) is 42.6 Å². The van der Waals surface area contributed by atoms with Crippen LogP contribution in [-0.2, 0) is 4.79 Å². The molecule has 1 aromatic heterocycles. The molecule has 0 aliphatic rings. The molecule has 0 saturated heterocycles. The number of carbonyl (C=O) groups is 1. The Kier molecular flexibility index (Phi) is 3.83. The quantitative estimate of drug-likeness (QED) is 0.924. The Morgan fingerprint density at radius 1 is 1.20 bits per heavy atom. The Balaban J connectivity index is 2.12. The lowest BCUT2D eigenvalue weighted by Crippen LogP contribution is -2.23. The van der Waals surface area contributed by atoms with Crippen LogP contribution in [0.25, 0.3) is 0 Å². The van der Waals surface area contributed by atoms with Crippen molar-refractivity contribution in [1.29, 1.82) is 10.5 Å². The van der Waals surface area contributed by atoms with Gasteiger partial charge < -0.3 is 9.88 Å². The highest BCUT2D eigenvalue weighted by atomic mass is 16.2. The number of nitrogens with zero attached hydrogens (tertiary/aromatic N) is 3. The van der Waals surface area contributed by atoms with Crippen LogP contribution < -0.4 is 5.32 Å². The van der Waals surface area contributed by atoms with Crippen molar-refractivity contribution in [2.75, 3.05) is 5.32 Å². The van der Waals surface area contributed by atoms with Gasteiger partial charge in [-0.15, -0.1) is 0 Å². The summed E-state index contributed by atoms with van der Waals surface area (Å²) in [4.78, 5) is 12.1. The van der Waals surface area contributed by atoms with E-state index in [9.17, 15) is 4.79 Å². The lowest BCUT2D eigenvalue weighted by atomic mass is 10.2. The summed E-state index contributed by atoms with van der Waals surface area (Å²) in [5, 5.41) is 20.4. The van der Waals surface area contributed by atoms with Crippen LogP contribution in [-0.4, -0.2) is 10.5 Å². The second-order valence-corrected chi connectivity index (χ2v) is 4.27. The number of nitriles is 2. The van der Waals surface area contributed by atoms with E-state index in [0.717, 1.165) is 0 Å². The monoisotopic (exact) mass is 264 g/mol. The molecule has 0 saturated carbocycles. The summed E-state index contributed by atoms with van der Waals surface area (Å²) in [6, 6.07) is 13.6. The molecular formula is C15H12N4O. The van der Waals surface area contributed by atoms with Gasteiger partial charge in [0.2, 0.25) is 5.91 Å². The van der Waals surface area contributed by atoms with Gasteiger partial charge in [-0.1, -0.05) is 0 Å². The molecule has 0 bridgehead atoms. The SMILES string of the molecule is CC(C(=O)Nc1ccc(C#N)cc1)n1cccc1C#N. The van der Waals surface area contributed by atoms with E-state index in [1.165, 1.54) is 0 Å². The van der Waals surface area contributed by atoms with Crippen LogP contribution in [0.5, 0.6) is 0 Å². The molecule has 0 aliphatic heterocycles. The number of hydrogen-bond acceptors (Lipinski definition) is 3. The highest BCUT2D eigenvalue weighted by molar-refractivity contribution is 5.93. The first-order chi connectivity index (χ1) is 9.65. The van der Waals surface area contributed by atoms with Crippen molar-refractivity contribution in [3.05, 3.63) is 53.9 Å². The minimum atomic E-state index is -0.490. The van der Waals surface area contributed by atoms with E-state index in [1.54, 1.807) is 54.1 Å². The zero-order valence-corrected chi connectivity index (χ0v) is 10.9. The second kappa shape index (κ2) is 5.73. The molecule has 5 heteroatoms. The summed E-state index contributed by atoms with van der Waals surface area (Å²) < 4.78 is 1.61. The van der Waals surface area contributed by atoms with Gasteiger partial charge in [-0.05, 0) is 43.3 Å². The van der Waals surface area contributed by atoms with E-state index in [1.807, 2.05) is 12.1 Å². The Labute approximate surface area is 116 Å². The van der Waals surface area contributed by atoms with Crippen LogP contribution in [0.1, 0.15) is 24.2 Å². The number of rotatable bonds is 3. The predicted molar refractivity (Wildman–Crippen MR) is 73.6 cm³/mol. The van der Waals surface area contributed by atoms with Crippen molar-refractivity contribution in [3.8, 4) is 12.1 Å². The van der Waals surface area contributed by atoms with E-state index in [0.29, 0.717) is 16.9 Å². The summed E-state index contributed by atoms with van der Waals surface area (Å²) in [5.41, 5.74) is 1.59. The Hall–Kier alpha value is -3.05. The number of aromatic nitrogens is 1. The van der Waals surface area contributed by atoms with Crippen molar-refractivity contribution in [3.63, 3.8) is 0 Å². The minimum absolute atomic E-state index is 0.220. The average Bonchev–Trinajstić information content (AvgIpc) is 2.95. The fourth-order valence-electron chi connectivity index (χ4n) is 1.83. The zero-order chi connectivity index (χ0) is 14.5. The van der Waals surface area contributed by atoms with Gasteiger partial charge in [0, 0.05) is 11.9 Å². The average molecular weight is 264 g/mol. The van der Waals surface area contributed by atoms with E-state index >= 15 is 0 Å². The summed E-state index contributed by atoms with van der Waals surface area (Å²) in [5.74, 6) is -0.220. The highest BCUT2D eigenvalue weighted by Gasteiger charge is 2.16. The van der Waals surface area contributed by atoms with Gasteiger partial charge in [-0.3, -0.25) is 4.79 Å². The van der Waals surface area contributed by atoms with Gasteiger partial charge in [-0.2, -0.15) is 10.5 Å². The molecule has 0 radical (unpaired) electrons. The van der Waals surface area contributed by atoms with E-state index in [-0.39, 0.29) is 5.91 Å². The third-order valence-corrected chi connectivity index (χ3v) is 2.97. The summed E-state index contributed by atoms with van der Waals surface area (Å²) in [7, 11) is 0. The molecule has 20 heavy (non-hydrogen) atoms. The summed E-state index contributed by atoms with van der Waals surface area (Å²) >= 11 is 0. The molecule has 2 rings (SSSR count). The number of anilines is 1. The van der Waals surface area contributed by atoms with Gasteiger partial charge in [0.05, 0.1) is 11.6 Å². The molecule has 1 aromatic carbocycles. The first-order valence-electron chi connectivity index (χ1n) is 6.03. The van der Waals surface area contributed by atoms with E-state index in [4.69, 9.17) is 10.5 Å². The molecule has 1 N–H and O–H groups in total. The van der Waals surface area contributed by atoms with Gasteiger partial charge in [0.1, 0.15) is 17.8 Å². The lowest BCUT2D eigenvalue weighted by molar-refractivity contribution is -0.118. The molecule has 98 valence electrons. The molecule has 0 aliphatic carbocycles. The fraction of sp³-hybridized carbons (Fsp3) is 0.133. The van der Waals surface area contributed by atoms with E-state index in [2.05, 4.69) is 5.32 Å². The molecule has 5 nitrogen and oxygen atoms in total. The van der Waals surface area contributed by atoms with Gasteiger partial charge in [0.25, 0.3) is 0 Å². The van der Waals surface area contributed by atoms with Crippen LogP contribution in [0.2, 0.25) is 0 Å². The molecule has 0 spiro atoms. The summed E-state index contributed by atoms with van der Waals surface area (Å²) in [6.07, 6.45) is 1.70. The molecule has 0 fully saturated rings. The normalized spacial score (nSPS) is 11.2. The topological polar surface area (TPSA) is 81.6 Å². The first-order valence-corrected chi connectivity index (χ1v) is 6.03. The molecule has 1 heterocycles. The smallest absolute Gasteiger partial charge is 0.247 e. The van der Waals surface area contributed by atoms with Crippen LogP contribution in [0.3, 0.4) is 0 Å². The maximum Gasteiger partial charge on any atom is 0.247 e. The Morgan fingerprint density at radius 3 is 2.50 bits per heavy atom. The predicted octanol–water partition coefficient (Wildman–Crippen LogP) is 2.43. The number of carbonyl (C=O) groups excluding carboxylic acids is 1. The molecule has 1 amide bonds. The van der Waals surface area contributed by atoms with Crippen molar-refractivity contribution in [1.82, 2.24) is 4.57 Å². The summed E-state index contributed by atoms with van der Waals surface area (Å²) in [6.45, 7) is 1.72. The standard InChI is InChI=1S/C15H12N4O/c1-11(19-8-2-3-14(19)10-17)15(20)18-13-6-4-12(9-16)5-7-13/h2-8,11H,1H3,(H,18,20). The van der Waals surface area contributed by atoms with Crippen LogP contribution in [0, 0.1) is 22.7 Å². The minimum Gasteiger partial charge on any atom is -0.327 e. The molecular weight excluding hydrogens is 252 g/mol. The molecule has 1 unspecified atom stereocenters. The van der Waals surface area contributed by atoms with Gasteiger partial charge in [0.15, 0.2) is 0 Å². The van der Waals surface area contributed by atoms with Gasteiger partial charge in [-0.25, -0.2) is 0 Å². The van der Waals surface area contributed by atoms with Gasteiger partial charge >= 0.3 is 0 Å². The highest BCUT2D eigenvalue weighted by Crippen LogP contribution is 2.15. The van der Waals surface area contributed by atoms with Crippen molar-refractivity contribution in [2.45, 2.75) is 13.0 Å². The Morgan fingerprint density at radius 2 is 1.90 bits per heavy atom.